The third kappa shape index (κ3) is 4.27. The van der Waals surface area contributed by atoms with E-state index in [-0.39, 0.29) is 0 Å². The van der Waals surface area contributed by atoms with Crippen molar-refractivity contribution < 1.29 is 0 Å². The second kappa shape index (κ2) is 10.7. The Morgan fingerprint density at radius 3 is 1.92 bits per heavy atom. The van der Waals surface area contributed by atoms with Gasteiger partial charge in [-0.05, 0) is 71.8 Å². The predicted octanol–water partition coefficient (Wildman–Crippen LogP) is 12.1. The lowest BCUT2D eigenvalue weighted by Gasteiger charge is -2.12. The number of thiophene rings is 1. The van der Waals surface area contributed by atoms with Crippen LogP contribution in [0.4, 0.5) is 0 Å². The van der Waals surface area contributed by atoms with Crippen LogP contribution in [0.2, 0.25) is 0 Å². The van der Waals surface area contributed by atoms with Crippen molar-refractivity contribution in [3.05, 3.63) is 164 Å². The van der Waals surface area contributed by atoms with Crippen molar-refractivity contribution in [1.29, 1.82) is 0 Å². The molecule has 3 nitrogen and oxygen atoms in total. The topological polar surface area (TPSA) is 30.7 Å². The average molecular weight is 630 g/mol. The zero-order valence-electron chi connectivity index (χ0n) is 25.8. The van der Waals surface area contributed by atoms with E-state index in [1.54, 1.807) is 0 Å². The summed E-state index contributed by atoms with van der Waals surface area (Å²) < 4.78 is 5.03. The van der Waals surface area contributed by atoms with Crippen molar-refractivity contribution >= 4 is 64.2 Å². The molecule has 0 amide bonds. The summed E-state index contributed by atoms with van der Waals surface area (Å²) in [6, 6.07) is 58.4. The average Bonchev–Trinajstić information content (AvgIpc) is 3.70. The SMILES string of the molecule is c1ccc(-c2nc(-c3ccc(-n4c5ccccc5c5ccc(-c6ccc7sc8ccccc8c7c6)cc54)cc3)nc3ccccc23)cc1. The lowest BCUT2D eigenvalue weighted by molar-refractivity contribution is 1.17. The van der Waals surface area contributed by atoms with Crippen LogP contribution in [-0.2, 0) is 0 Å². The van der Waals surface area contributed by atoms with Crippen LogP contribution >= 0.6 is 11.3 Å². The van der Waals surface area contributed by atoms with E-state index in [9.17, 15) is 0 Å². The van der Waals surface area contributed by atoms with Crippen molar-refractivity contribution in [3.63, 3.8) is 0 Å². The molecule has 0 unspecified atom stereocenters. The predicted molar refractivity (Wildman–Crippen MR) is 203 cm³/mol. The van der Waals surface area contributed by atoms with Gasteiger partial charge in [0.25, 0.3) is 0 Å². The van der Waals surface area contributed by atoms with E-state index in [0.717, 1.165) is 39.2 Å². The Hall–Kier alpha value is -6.10. The molecule has 0 aliphatic rings. The van der Waals surface area contributed by atoms with Gasteiger partial charge in [0, 0.05) is 53.1 Å². The van der Waals surface area contributed by atoms with E-state index in [2.05, 4.69) is 150 Å². The maximum Gasteiger partial charge on any atom is 0.160 e. The number of nitrogens with zero attached hydrogens (tertiary/aromatic N) is 3. The number of rotatable bonds is 4. The molecule has 0 fully saturated rings. The Labute approximate surface area is 281 Å². The molecular weight excluding hydrogens is 603 g/mol. The maximum atomic E-state index is 5.10. The number of hydrogen-bond donors (Lipinski definition) is 0. The number of hydrogen-bond acceptors (Lipinski definition) is 3. The smallest absolute Gasteiger partial charge is 0.160 e. The summed E-state index contributed by atoms with van der Waals surface area (Å²) in [4.78, 5) is 10.1. The molecule has 0 N–H and O–H groups in total. The minimum Gasteiger partial charge on any atom is -0.309 e. The highest BCUT2D eigenvalue weighted by molar-refractivity contribution is 7.25. The highest BCUT2D eigenvalue weighted by Crippen LogP contribution is 2.39. The van der Waals surface area contributed by atoms with E-state index in [0.29, 0.717) is 0 Å². The Morgan fingerprint density at radius 1 is 0.396 bits per heavy atom. The van der Waals surface area contributed by atoms with Crippen molar-refractivity contribution in [2.24, 2.45) is 0 Å². The third-order valence-corrected chi connectivity index (χ3v) is 10.6. The molecule has 0 spiro atoms. The van der Waals surface area contributed by atoms with Gasteiger partial charge in [-0.15, -0.1) is 11.3 Å². The molecule has 0 aliphatic carbocycles. The molecule has 0 saturated carbocycles. The van der Waals surface area contributed by atoms with Crippen LogP contribution in [0.15, 0.2) is 164 Å². The summed E-state index contributed by atoms with van der Waals surface area (Å²) in [5.41, 5.74) is 9.86. The Balaban J connectivity index is 1.11. The van der Waals surface area contributed by atoms with Crippen LogP contribution in [-0.4, -0.2) is 14.5 Å². The molecular formula is C44H27N3S. The van der Waals surface area contributed by atoms with Gasteiger partial charge in [0.05, 0.1) is 22.2 Å². The van der Waals surface area contributed by atoms with Gasteiger partial charge in [-0.1, -0.05) is 103 Å². The van der Waals surface area contributed by atoms with Crippen molar-refractivity contribution in [1.82, 2.24) is 14.5 Å². The number of fused-ring (bicyclic) bond motifs is 7. The number of benzene rings is 7. The molecule has 0 radical (unpaired) electrons. The lowest BCUT2D eigenvalue weighted by Crippen LogP contribution is -1.97. The molecule has 3 aromatic heterocycles. The van der Waals surface area contributed by atoms with Crippen LogP contribution in [0.3, 0.4) is 0 Å². The zero-order valence-corrected chi connectivity index (χ0v) is 26.7. The first-order valence-corrected chi connectivity index (χ1v) is 17.0. The molecule has 0 aliphatic heterocycles. The van der Waals surface area contributed by atoms with E-state index >= 15 is 0 Å². The molecule has 10 aromatic rings. The Morgan fingerprint density at radius 2 is 1.04 bits per heavy atom. The molecule has 3 heterocycles. The van der Waals surface area contributed by atoms with Gasteiger partial charge in [0.15, 0.2) is 5.82 Å². The summed E-state index contributed by atoms with van der Waals surface area (Å²) >= 11 is 1.86. The fourth-order valence-corrected chi connectivity index (χ4v) is 8.20. The van der Waals surface area contributed by atoms with E-state index in [1.165, 1.54) is 53.1 Å². The summed E-state index contributed by atoms with van der Waals surface area (Å²) in [6.45, 7) is 0. The summed E-state index contributed by atoms with van der Waals surface area (Å²) in [5.74, 6) is 0.722. The van der Waals surface area contributed by atoms with Crippen LogP contribution in [0, 0.1) is 0 Å². The van der Waals surface area contributed by atoms with Gasteiger partial charge < -0.3 is 4.57 Å². The lowest BCUT2D eigenvalue weighted by atomic mass is 10.0. The Kier molecular flexibility index (Phi) is 6.05. The standard InChI is InChI=1S/C44H27N3S/c1-2-10-28(11-3-1)43-36-14-4-7-15-38(36)45-44(46-43)29-18-22-32(23-19-29)47-39-16-8-5-12-33(39)34-24-20-31(27-40(34)47)30-21-25-42-37(26-30)35-13-6-9-17-41(35)48-42/h1-27H. The van der Waals surface area contributed by atoms with Crippen LogP contribution < -0.4 is 0 Å². The molecule has 0 atom stereocenters. The molecule has 0 bridgehead atoms. The summed E-state index contributed by atoms with van der Waals surface area (Å²) in [7, 11) is 0. The van der Waals surface area contributed by atoms with Crippen molar-refractivity contribution in [2.75, 3.05) is 0 Å². The molecule has 10 rings (SSSR count). The number of para-hydroxylation sites is 2. The second-order valence-electron chi connectivity index (χ2n) is 12.2. The van der Waals surface area contributed by atoms with E-state index < -0.39 is 0 Å². The highest BCUT2D eigenvalue weighted by Gasteiger charge is 2.16. The summed E-state index contributed by atoms with van der Waals surface area (Å²) in [5, 5.41) is 6.17. The van der Waals surface area contributed by atoms with Crippen LogP contribution in [0.5, 0.6) is 0 Å². The van der Waals surface area contributed by atoms with E-state index in [1.807, 2.05) is 29.5 Å². The first-order chi connectivity index (χ1) is 23.8. The number of aromatic nitrogens is 3. The molecule has 0 saturated heterocycles. The van der Waals surface area contributed by atoms with Crippen molar-refractivity contribution in [2.45, 2.75) is 0 Å². The quantitative estimate of drug-likeness (QED) is 0.194. The van der Waals surface area contributed by atoms with Gasteiger partial charge >= 0.3 is 0 Å². The second-order valence-corrected chi connectivity index (χ2v) is 13.3. The fourth-order valence-electron chi connectivity index (χ4n) is 7.12. The molecule has 7 aromatic carbocycles. The fraction of sp³-hybridized carbons (Fsp3) is 0. The Bertz CT molecular complexity index is 2830. The van der Waals surface area contributed by atoms with Gasteiger partial charge in [0.1, 0.15) is 0 Å². The highest BCUT2D eigenvalue weighted by atomic mass is 32.1. The molecule has 224 valence electrons. The van der Waals surface area contributed by atoms with Crippen LogP contribution in [0.25, 0.3) is 92.3 Å². The minimum absolute atomic E-state index is 0.722. The summed E-state index contributed by atoms with van der Waals surface area (Å²) in [6.07, 6.45) is 0. The molecule has 4 heteroatoms. The van der Waals surface area contributed by atoms with Gasteiger partial charge in [-0.3, -0.25) is 0 Å². The zero-order chi connectivity index (χ0) is 31.6. The first kappa shape index (κ1) is 27.1. The van der Waals surface area contributed by atoms with E-state index in [4.69, 9.17) is 9.97 Å². The largest absolute Gasteiger partial charge is 0.309 e. The normalized spacial score (nSPS) is 11.8. The van der Waals surface area contributed by atoms with Crippen LogP contribution in [0.1, 0.15) is 0 Å². The van der Waals surface area contributed by atoms with Gasteiger partial charge in [0.2, 0.25) is 0 Å². The third-order valence-electron chi connectivity index (χ3n) is 9.42. The minimum atomic E-state index is 0.722. The van der Waals surface area contributed by atoms with Gasteiger partial charge in [-0.2, -0.15) is 0 Å². The maximum absolute atomic E-state index is 5.10. The monoisotopic (exact) mass is 629 g/mol. The van der Waals surface area contributed by atoms with Gasteiger partial charge in [-0.25, -0.2) is 9.97 Å². The van der Waals surface area contributed by atoms with Crippen molar-refractivity contribution in [3.8, 4) is 39.5 Å². The molecule has 48 heavy (non-hydrogen) atoms. The first-order valence-electron chi connectivity index (χ1n) is 16.2.